The molecule has 1 aromatic carbocycles. The van der Waals surface area contributed by atoms with Crippen LogP contribution in [0.3, 0.4) is 0 Å². The normalized spacial score (nSPS) is 17.9. The van der Waals surface area contributed by atoms with Crippen LogP contribution in [-0.4, -0.2) is 41.5 Å². The van der Waals surface area contributed by atoms with Crippen molar-refractivity contribution in [1.82, 2.24) is 9.80 Å². The molecular formula is C15H19ClFN3. The Balaban J connectivity index is 1.95. The van der Waals surface area contributed by atoms with Crippen LogP contribution in [0.15, 0.2) is 18.2 Å². The molecule has 0 aromatic heterocycles. The summed E-state index contributed by atoms with van der Waals surface area (Å²) in [6, 6.07) is 7.43. The van der Waals surface area contributed by atoms with Crippen molar-refractivity contribution in [2.75, 3.05) is 26.2 Å². The summed E-state index contributed by atoms with van der Waals surface area (Å²) in [5, 5.41) is 9.32. The maximum Gasteiger partial charge on any atom is 0.146 e. The number of hydrogen-bond donors (Lipinski definition) is 0. The molecule has 1 fully saturated rings. The van der Waals surface area contributed by atoms with Crippen LogP contribution in [-0.2, 0) is 6.54 Å². The van der Waals surface area contributed by atoms with E-state index in [-0.39, 0.29) is 10.8 Å². The average molecular weight is 296 g/mol. The lowest BCUT2D eigenvalue weighted by molar-refractivity contribution is 0.0758. The lowest BCUT2D eigenvalue weighted by atomic mass is 10.0. The molecule has 3 nitrogen and oxygen atoms in total. The highest BCUT2D eigenvalue weighted by atomic mass is 35.5. The van der Waals surface area contributed by atoms with Crippen LogP contribution < -0.4 is 0 Å². The minimum atomic E-state index is -0.437. The third kappa shape index (κ3) is 3.29. The van der Waals surface area contributed by atoms with Gasteiger partial charge in [0.2, 0.25) is 0 Å². The molecule has 0 saturated carbocycles. The Bertz CT molecular complexity index is 516. The van der Waals surface area contributed by atoms with Crippen LogP contribution in [0.1, 0.15) is 19.4 Å². The van der Waals surface area contributed by atoms with Crippen molar-refractivity contribution in [3.63, 3.8) is 0 Å². The zero-order valence-corrected chi connectivity index (χ0v) is 12.6. The number of nitrogens with zero attached hydrogens (tertiary/aromatic N) is 3. The van der Waals surface area contributed by atoms with Gasteiger partial charge in [-0.15, -0.1) is 0 Å². The highest BCUT2D eigenvalue weighted by molar-refractivity contribution is 6.30. The molecule has 1 saturated heterocycles. The Labute approximate surface area is 124 Å². The van der Waals surface area contributed by atoms with Crippen LogP contribution in [0.25, 0.3) is 0 Å². The van der Waals surface area contributed by atoms with Crippen LogP contribution >= 0.6 is 11.6 Å². The molecule has 0 N–H and O–H groups in total. The summed E-state index contributed by atoms with van der Waals surface area (Å²) in [7, 11) is 0. The number of benzene rings is 1. The second-order valence-corrected chi connectivity index (χ2v) is 6.05. The SMILES string of the molecule is CC(C)(C#N)N1CCN(Cc2cccc(Cl)c2F)CC1. The topological polar surface area (TPSA) is 30.3 Å². The summed E-state index contributed by atoms with van der Waals surface area (Å²) in [4.78, 5) is 4.36. The van der Waals surface area contributed by atoms with E-state index in [0.717, 1.165) is 26.2 Å². The first kappa shape index (κ1) is 15.2. The maximum atomic E-state index is 13.9. The second-order valence-electron chi connectivity index (χ2n) is 5.65. The minimum Gasteiger partial charge on any atom is -0.296 e. The molecule has 0 amide bonds. The Morgan fingerprint density at radius 1 is 1.30 bits per heavy atom. The molecule has 0 aliphatic carbocycles. The van der Waals surface area contributed by atoms with E-state index >= 15 is 0 Å². The Morgan fingerprint density at radius 2 is 1.95 bits per heavy atom. The molecule has 0 atom stereocenters. The van der Waals surface area contributed by atoms with Crippen LogP contribution in [0.2, 0.25) is 5.02 Å². The zero-order valence-electron chi connectivity index (χ0n) is 11.9. The molecular weight excluding hydrogens is 277 g/mol. The van der Waals surface area contributed by atoms with Gasteiger partial charge in [0.1, 0.15) is 11.4 Å². The van der Waals surface area contributed by atoms with Gasteiger partial charge in [0.25, 0.3) is 0 Å². The van der Waals surface area contributed by atoms with E-state index in [1.165, 1.54) is 0 Å². The number of hydrogen-bond acceptors (Lipinski definition) is 3. The van der Waals surface area contributed by atoms with Gasteiger partial charge in [0.15, 0.2) is 0 Å². The van der Waals surface area contributed by atoms with Crippen LogP contribution in [0, 0.1) is 17.1 Å². The molecule has 1 aliphatic heterocycles. The van der Waals surface area contributed by atoms with Crippen molar-refractivity contribution in [2.24, 2.45) is 0 Å². The minimum absolute atomic E-state index is 0.173. The average Bonchev–Trinajstić information content (AvgIpc) is 2.44. The predicted octanol–water partition coefficient (Wildman–Crippen LogP) is 2.90. The van der Waals surface area contributed by atoms with Gasteiger partial charge in [0.05, 0.1) is 11.1 Å². The summed E-state index contributed by atoms with van der Waals surface area (Å²) >= 11 is 5.80. The van der Waals surface area contributed by atoms with Crippen LogP contribution in [0.4, 0.5) is 4.39 Å². The van der Waals surface area contributed by atoms with Crippen molar-refractivity contribution >= 4 is 11.6 Å². The summed E-state index contributed by atoms with van der Waals surface area (Å²) in [5.41, 5.74) is 0.193. The standard InChI is InChI=1S/C15H19ClFN3/c1-15(2,11-18)20-8-6-19(7-9-20)10-12-4-3-5-13(16)14(12)17/h3-5H,6-10H2,1-2H3. The Morgan fingerprint density at radius 3 is 2.55 bits per heavy atom. The van der Waals surface area contributed by atoms with Gasteiger partial charge in [-0.1, -0.05) is 23.7 Å². The largest absolute Gasteiger partial charge is 0.296 e. The van der Waals surface area contributed by atoms with Gasteiger partial charge < -0.3 is 0 Å². The number of nitriles is 1. The van der Waals surface area contributed by atoms with Crippen molar-refractivity contribution in [3.05, 3.63) is 34.6 Å². The van der Waals surface area contributed by atoms with Gasteiger partial charge in [-0.25, -0.2) is 4.39 Å². The molecule has 1 aliphatic rings. The highest BCUT2D eigenvalue weighted by Gasteiger charge is 2.29. The van der Waals surface area contributed by atoms with Crippen molar-refractivity contribution in [3.8, 4) is 6.07 Å². The monoisotopic (exact) mass is 295 g/mol. The van der Waals surface area contributed by atoms with E-state index in [1.54, 1.807) is 18.2 Å². The summed E-state index contributed by atoms with van der Waals surface area (Å²) in [5.74, 6) is -0.325. The third-order valence-corrected chi connectivity index (χ3v) is 4.15. The van der Waals surface area contributed by atoms with Crippen molar-refractivity contribution in [2.45, 2.75) is 25.9 Å². The lowest BCUT2D eigenvalue weighted by Crippen LogP contribution is -2.53. The quantitative estimate of drug-likeness (QED) is 0.859. The number of rotatable bonds is 3. The molecule has 0 bridgehead atoms. The van der Waals surface area contributed by atoms with Gasteiger partial charge in [-0.2, -0.15) is 5.26 Å². The van der Waals surface area contributed by atoms with Gasteiger partial charge in [0, 0.05) is 38.3 Å². The van der Waals surface area contributed by atoms with E-state index in [2.05, 4.69) is 15.9 Å². The van der Waals surface area contributed by atoms with Crippen molar-refractivity contribution < 1.29 is 4.39 Å². The molecule has 5 heteroatoms. The van der Waals surface area contributed by atoms with Crippen molar-refractivity contribution in [1.29, 1.82) is 5.26 Å². The summed E-state index contributed by atoms with van der Waals surface area (Å²) < 4.78 is 13.9. The molecule has 108 valence electrons. The van der Waals surface area contributed by atoms with E-state index < -0.39 is 5.54 Å². The fraction of sp³-hybridized carbons (Fsp3) is 0.533. The van der Waals surface area contributed by atoms with E-state index in [4.69, 9.17) is 16.9 Å². The first-order valence-corrected chi connectivity index (χ1v) is 7.13. The van der Waals surface area contributed by atoms with E-state index in [9.17, 15) is 4.39 Å². The Hall–Kier alpha value is -1.15. The smallest absolute Gasteiger partial charge is 0.146 e. The Kier molecular flexibility index (Phi) is 4.64. The third-order valence-electron chi connectivity index (χ3n) is 3.86. The zero-order chi connectivity index (χ0) is 14.8. The molecule has 2 rings (SSSR count). The number of halogens is 2. The number of piperazine rings is 1. The molecule has 1 heterocycles. The summed E-state index contributed by atoms with van der Waals surface area (Å²) in [6.45, 7) is 7.73. The predicted molar refractivity (Wildman–Crippen MR) is 78.0 cm³/mol. The van der Waals surface area contributed by atoms with E-state index in [0.29, 0.717) is 12.1 Å². The lowest BCUT2D eigenvalue weighted by Gasteiger charge is -2.40. The molecule has 0 unspecified atom stereocenters. The summed E-state index contributed by atoms with van der Waals surface area (Å²) in [6.07, 6.45) is 0. The first-order chi connectivity index (χ1) is 9.44. The molecule has 20 heavy (non-hydrogen) atoms. The van der Waals surface area contributed by atoms with Gasteiger partial charge >= 0.3 is 0 Å². The molecule has 1 aromatic rings. The van der Waals surface area contributed by atoms with E-state index in [1.807, 2.05) is 13.8 Å². The van der Waals surface area contributed by atoms with Crippen LogP contribution in [0.5, 0.6) is 0 Å². The molecule has 0 spiro atoms. The van der Waals surface area contributed by atoms with Gasteiger partial charge in [-0.3, -0.25) is 9.80 Å². The van der Waals surface area contributed by atoms with Gasteiger partial charge in [-0.05, 0) is 19.9 Å². The molecule has 0 radical (unpaired) electrons. The first-order valence-electron chi connectivity index (χ1n) is 6.75. The maximum absolute atomic E-state index is 13.9. The second kappa shape index (κ2) is 6.09. The fourth-order valence-corrected chi connectivity index (χ4v) is 2.64. The fourth-order valence-electron chi connectivity index (χ4n) is 2.45. The highest BCUT2D eigenvalue weighted by Crippen LogP contribution is 2.21.